The van der Waals surface area contributed by atoms with Crippen molar-refractivity contribution in [3.8, 4) is 17.3 Å². The van der Waals surface area contributed by atoms with E-state index in [0.29, 0.717) is 16.9 Å². The zero-order valence-electron chi connectivity index (χ0n) is 12.6. The molecule has 0 saturated carbocycles. The number of pyridine rings is 1. The molecule has 11 heteroatoms. The van der Waals surface area contributed by atoms with Gasteiger partial charge >= 0.3 is 12.1 Å². The molecule has 3 rings (SSSR count). The van der Waals surface area contributed by atoms with Crippen molar-refractivity contribution in [3.63, 3.8) is 0 Å². The SMILES string of the molecule is FC(F)(F)C(F)(F)COc1ccc(-c2nc3cc(Br)ccc3n2Br)cn1. The molecule has 0 unspecified atom stereocenters. The maximum atomic E-state index is 12.9. The minimum atomic E-state index is -5.68. The first-order valence-corrected chi connectivity index (χ1v) is 8.47. The molecular weight excluding hydrogens is 493 g/mol. The van der Waals surface area contributed by atoms with Crippen LogP contribution in [-0.4, -0.2) is 32.3 Å². The van der Waals surface area contributed by atoms with Crippen molar-refractivity contribution in [2.24, 2.45) is 0 Å². The number of fused-ring (bicyclic) bond motifs is 1. The molecule has 138 valence electrons. The molecule has 0 aliphatic carbocycles. The number of imidazole rings is 1. The Morgan fingerprint density at radius 2 is 1.81 bits per heavy atom. The number of ether oxygens (including phenoxy) is 1. The highest BCUT2D eigenvalue weighted by molar-refractivity contribution is 9.10. The number of rotatable bonds is 4. The van der Waals surface area contributed by atoms with E-state index in [1.807, 2.05) is 12.1 Å². The molecule has 0 N–H and O–H groups in total. The van der Waals surface area contributed by atoms with Crippen LogP contribution in [0.15, 0.2) is 41.0 Å². The summed E-state index contributed by atoms with van der Waals surface area (Å²) in [6, 6.07) is 8.13. The molecule has 0 bridgehead atoms. The van der Waals surface area contributed by atoms with Gasteiger partial charge in [-0.05, 0) is 24.3 Å². The molecular formula is C15H8Br2F5N3O. The van der Waals surface area contributed by atoms with Gasteiger partial charge in [0.2, 0.25) is 5.88 Å². The number of halogens is 7. The molecule has 0 saturated heterocycles. The maximum absolute atomic E-state index is 12.9. The molecule has 4 nitrogen and oxygen atoms in total. The van der Waals surface area contributed by atoms with Crippen molar-refractivity contribution in [1.29, 1.82) is 0 Å². The number of benzene rings is 1. The van der Waals surface area contributed by atoms with Gasteiger partial charge in [0.05, 0.1) is 27.2 Å². The highest BCUT2D eigenvalue weighted by Crippen LogP contribution is 2.35. The van der Waals surface area contributed by atoms with Gasteiger partial charge in [-0.1, -0.05) is 15.9 Å². The summed E-state index contributed by atoms with van der Waals surface area (Å²) in [4.78, 5) is 8.19. The topological polar surface area (TPSA) is 39.9 Å². The third-order valence-corrected chi connectivity index (χ3v) is 4.58. The minimum absolute atomic E-state index is 0.349. The molecule has 2 heterocycles. The monoisotopic (exact) mass is 499 g/mol. The smallest absolute Gasteiger partial charge is 0.456 e. The van der Waals surface area contributed by atoms with Crippen LogP contribution in [0.1, 0.15) is 0 Å². The lowest BCUT2D eigenvalue weighted by Gasteiger charge is -2.19. The lowest BCUT2D eigenvalue weighted by molar-refractivity contribution is -0.290. The summed E-state index contributed by atoms with van der Waals surface area (Å²) < 4.78 is 69.0. The van der Waals surface area contributed by atoms with Crippen LogP contribution in [0.4, 0.5) is 22.0 Å². The number of aromatic nitrogens is 3. The predicted molar refractivity (Wildman–Crippen MR) is 91.5 cm³/mol. The summed E-state index contributed by atoms with van der Waals surface area (Å²) in [5.74, 6) is -4.82. The van der Waals surface area contributed by atoms with E-state index in [2.05, 4.69) is 46.8 Å². The summed E-state index contributed by atoms with van der Waals surface area (Å²) in [7, 11) is 0. The number of hydrogen-bond acceptors (Lipinski definition) is 3. The van der Waals surface area contributed by atoms with E-state index < -0.39 is 18.7 Å². The average Bonchev–Trinajstić information content (AvgIpc) is 2.88. The van der Waals surface area contributed by atoms with E-state index in [1.54, 1.807) is 9.66 Å². The van der Waals surface area contributed by atoms with Crippen molar-refractivity contribution in [2.75, 3.05) is 6.61 Å². The second-order valence-corrected chi connectivity index (χ2v) is 6.85. The van der Waals surface area contributed by atoms with Gasteiger partial charge in [-0.3, -0.25) is 3.59 Å². The molecule has 0 atom stereocenters. The van der Waals surface area contributed by atoms with Crippen molar-refractivity contribution in [1.82, 2.24) is 13.6 Å². The second-order valence-electron chi connectivity index (χ2n) is 5.23. The van der Waals surface area contributed by atoms with Gasteiger partial charge < -0.3 is 4.74 Å². The Bertz CT molecular complexity index is 941. The first-order chi connectivity index (χ1) is 12.1. The normalized spacial score (nSPS) is 12.6. The van der Waals surface area contributed by atoms with Gasteiger partial charge in [0.25, 0.3) is 0 Å². The molecule has 0 fully saturated rings. The summed E-state index contributed by atoms with van der Waals surface area (Å²) in [6.45, 7) is -1.84. The van der Waals surface area contributed by atoms with Crippen molar-refractivity contribution in [2.45, 2.75) is 12.1 Å². The summed E-state index contributed by atoms with van der Waals surface area (Å²) in [5.41, 5.74) is 1.99. The predicted octanol–water partition coefficient (Wildman–Crippen LogP) is 5.60. The van der Waals surface area contributed by atoms with Gasteiger partial charge in [0, 0.05) is 22.3 Å². The van der Waals surface area contributed by atoms with Crippen LogP contribution in [0.2, 0.25) is 0 Å². The van der Waals surface area contributed by atoms with Gasteiger partial charge in [-0.15, -0.1) is 0 Å². The van der Waals surface area contributed by atoms with Crippen molar-refractivity contribution >= 4 is 43.1 Å². The highest BCUT2D eigenvalue weighted by Gasteiger charge is 2.58. The van der Waals surface area contributed by atoms with Gasteiger partial charge in [0.1, 0.15) is 0 Å². The molecule has 1 aromatic carbocycles. The second kappa shape index (κ2) is 6.76. The summed E-state index contributed by atoms with van der Waals surface area (Å²) in [5, 5.41) is 0. The Morgan fingerprint density at radius 3 is 2.42 bits per heavy atom. The van der Waals surface area contributed by atoms with E-state index in [9.17, 15) is 22.0 Å². The third kappa shape index (κ3) is 3.68. The Balaban J connectivity index is 1.81. The molecule has 0 aliphatic rings. The van der Waals surface area contributed by atoms with Crippen LogP contribution in [0, 0.1) is 0 Å². The minimum Gasteiger partial charge on any atom is -0.471 e. The Kier molecular flexibility index (Phi) is 4.95. The first-order valence-electron chi connectivity index (χ1n) is 6.96. The molecule has 0 amide bonds. The van der Waals surface area contributed by atoms with Crippen LogP contribution in [0.3, 0.4) is 0 Å². The Labute approximate surface area is 160 Å². The van der Waals surface area contributed by atoms with Crippen molar-refractivity contribution in [3.05, 3.63) is 41.0 Å². The van der Waals surface area contributed by atoms with Crippen molar-refractivity contribution < 1.29 is 26.7 Å². The fourth-order valence-corrected chi connectivity index (χ4v) is 2.98. The molecule has 26 heavy (non-hydrogen) atoms. The van der Waals surface area contributed by atoms with Crippen LogP contribution in [0.5, 0.6) is 5.88 Å². The zero-order chi connectivity index (χ0) is 19.1. The van der Waals surface area contributed by atoms with Crippen LogP contribution >= 0.6 is 32.1 Å². The third-order valence-electron chi connectivity index (χ3n) is 3.37. The number of hydrogen-bond donors (Lipinski definition) is 0. The maximum Gasteiger partial charge on any atom is 0.456 e. The summed E-state index contributed by atoms with van der Waals surface area (Å²) >= 11 is 6.71. The zero-order valence-corrected chi connectivity index (χ0v) is 15.7. The molecule has 0 aliphatic heterocycles. The van der Waals surface area contributed by atoms with Gasteiger partial charge in [-0.25, -0.2) is 9.97 Å². The number of nitrogens with zero attached hydrogens (tertiary/aromatic N) is 3. The van der Waals surface area contributed by atoms with Gasteiger partial charge in [-0.2, -0.15) is 22.0 Å². The molecule has 2 aromatic heterocycles. The quantitative estimate of drug-likeness (QED) is 0.438. The standard InChI is InChI=1S/C15H8Br2F5N3O/c16-9-2-3-11-10(5-9)24-13(25(11)17)8-1-4-12(23-6-8)26-7-14(18,19)15(20,21)22/h1-6H,7H2. The summed E-state index contributed by atoms with van der Waals surface area (Å²) in [6.07, 6.45) is -4.41. The van der Waals surface area contributed by atoms with E-state index in [4.69, 9.17) is 0 Å². The largest absolute Gasteiger partial charge is 0.471 e. The van der Waals surface area contributed by atoms with E-state index in [-0.39, 0.29) is 5.88 Å². The number of alkyl halides is 5. The highest BCUT2D eigenvalue weighted by atomic mass is 79.9. The average molecular weight is 501 g/mol. The Morgan fingerprint density at radius 1 is 1.08 bits per heavy atom. The van der Waals surface area contributed by atoms with E-state index in [0.717, 1.165) is 9.99 Å². The van der Waals surface area contributed by atoms with E-state index in [1.165, 1.54) is 18.3 Å². The van der Waals surface area contributed by atoms with Crippen LogP contribution < -0.4 is 4.74 Å². The lowest BCUT2D eigenvalue weighted by Crippen LogP contribution is -2.41. The Hall–Kier alpha value is -1.75. The van der Waals surface area contributed by atoms with E-state index >= 15 is 0 Å². The molecule has 0 spiro atoms. The van der Waals surface area contributed by atoms with Crippen LogP contribution in [0.25, 0.3) is 22.4 Å². The fourth-order valence-electron chi connectivity index (χ4n) is 2.05. The van der Waals surface area contributed by atoms with Crippen LogP contribution in [-0.2, 0) is 0 Å². The molecule has 0 radical (unpaired) electrons. The van der Waals surface area contributed by atoms with Gasteiger partial charge in [0.15, 0.2) is 12.4 Å². The lowest BCUT2D eigenvalue weighted by atomic mass is 10.3. The molecule has 3 aromatic rings. The fraction of sp³-hybridized carbons (Fsp3) is 0.200. The first kappa shape index (κ1) is 19.0.